The lowest BCUT2D eigenvalue weighted by Crippen LogP contribution is -2.07. The summed E-state index contributed by atoms with van der Waals surface area (Å²) in [4.78, 5) is 8.50. The Hall–Kier alpha value is -0.840. The molecule has 15 heavy (non-hydrogen) atoms. The highest BCUT2D eigenvalue weighted by Gasteiger charge is 2.03. The highest BCUT2D eigenvalue weighted by atomic mass is 79.9. The van der Waals surface area contributed by atoms with Crippen molar-refractivity contribution in [2.75, 3.05) is 23.7 Å². The molecule has 0 aliphatic carbocycles. The molecule has 0 radical (unpaired) electrons. The topological polar surface area (TPSA) is 49.8 Å². The molecule has 0 saturated heterocycles. The molecular weight excluding hydrogens is 256 g/mol. The van der Waals surface area contributed by atoms with E-state index in [9.17, 15) is 0 Å². The number of aromatic nitrogens is 2. The summed E-state index contributed by atoms with van der Waals surface area (Å²) in [5, 5.41) is 6.36. The second-order valence-electron chi connectivity index (χ2n) is 3.20. The molecule has 5 heteroatoms. The van der Waals surface area contributed by atoms with Crippen molar-refractivity contribution in [1.29, 1.82) is 0 Å². The monoisotopic (exact) mass is 272 g/mol. The number of anilines is 2. The molecule has 84 valence electrons. The number of halogens is 1. The van der Waals surface area contributed by atoms with Gasteiger partial charge in [-0.25, -0.2) is 4.98 Å². The zero-order valence-corrected chi connectivity index (χ0v) is 10.8. The summed E-state index contributed by atoms with van der Waals surface area (Å²) in [7, 11) is 0. The molecule has 0 spiro atoms. The van der Waals surface area contributed by atoms with Gasteiger partial charge < -0.3 is 10.6 Å². The first kappa shape index (κ1) is 12.2. The maximum atomic E-state index is 4.35. The van der Waals surface area contributed by atoms with Gasteiger partial charge in [0.15, 0.2) is 0 Å². The zero-order chi connectivity index (χ0) is 11.1. The largest absolute Gasteiger partial charge is 0.369 e. The lowest BCUT2D eigenvalue weighted by molar-refractivity contribution is 0.829. The van der Waals surface area contributed by atoms with Gasteiger partial charge in [0.25, 0.3) is 0 Å². The Balaban J connectivity index is 2.63. The Labute approximate surface area is 99.0 Å². The first-order valence-corrected chi connectivity index (χ1v) is 6.07. The number of rotatable bonds is 6. The minimum Gasteiger partial charge on any atom is -0.369 e. The van der Waals surface area contributed by atoms with Gasteiger partial charge in [0.2, 0.25) is 5.95 Å². The van der Waals surface area contributed by atoms with Crippen LogP contribution in [-0.4, -0.2) is 23.1 Å². The molecule has 2 N–H and O–H groups in total. The van der Waals surface area contributed by atoms with Crippen LogP contribution in [0.25, 0.3) is 0 Å². The lowest BCUT2D eigenvalue weighted by atomic mass is 10.3. The van der Waals surface area contributed by atoms with Crippen molar-refractivity contribution in [3.63, 3.8) is 0 Å². The molecule has 1 rings (SSSR count). The van der Waals surface area contributed by atoms with Crippen molar-refractivity contribution in [3.8, 4) is 0 Å². The minimum atomic E-state index is 0.666. The molecule has 0 fully saturated rings. The molecular formula is C10H17BrN4. The highest BCUT2D eigenvalue weighted by Crippen LogP contribution is 2.19. The van der Waals surface area contributed by atoms with Crippen molar-refractivity contribution < 1.29 is 0 Å². The van der Waals surface area contributed by atoms with Crippen molar-refractivity contribution in [1.82, 2.24) is 9.97 Å². The molecule has 4 nitrogen and oxygen atoms in total. The van der Waals surface area contributed by atoms with Gasteiger partial charge in [0.05, 0.1) is 4.47 Å². The smallest absolute Gasteiger partial charge is 0.224 e. The van der Waals surface area contributed by atoms with E-state index in [2.05, 4.69) is 43.5 Å². The maximum Gasteiger partial charge on any atom is 0.224 e. The molecule has 0 aromatic carbocycles. The molecule has 0 saturated carbocycles. The van der Waals surface area contributed by atoms with E-state index in [1.165, 1.54) is 6.42 Å². The summed E-state index contributed by atoms with van der Waals surface area (Å²) in [6.07, 6.45) is 4.09. The first-order chi connectivity index (χ1) is 7.27. The fourth-order valence-corrected chi connectivity index (χ4v) is 1.45. The van der Waals surface area contributed by atoms with Crippen LogP contribution in [0.1, 0.15) is 26.7 Å². The SMILES string of the molecule is CCCCNc1nc(NCC)ncc1Br. The Bertz CT molecular complexity index is 303. The molecule has 0 aliphatic rings. The third-order valence-corrected chi connectivity index (χ3v) is 2.48. The van der Waals surface area contributed by atoms with E-state index in [0.717, 1.165) is 29.8 Å². The normalized spacial score (nSPS) is 10.1. The summed E-state index contributed by atoms with van der Waals surface area (Å²) >= 11 is 3.42. The Morgan fingerprint density at radius 3 is 2.80 bits per heavy atom. The first-order valence-electron chi connectivity index (χ1n) is 5.28. The van der Waals surface area contributed by atoms with Crippen LogP contribution < -0.4 is 10.6 Å². The van der Waals surface area contributed by atoms with Gasteiger partial charge in [-0.05, 0) is 29.3 Å². The predicted molar refractivity (Wildman–Crippen MR) is 67.3 cm³/mol. The molecule has 0 unspecified atom stereocenters. The summed E-state index contributed by atoms with van der Waals surface area (Å²) in [6, 6.07) is 0. The average Bonchev–Trinajstić information content (AvgIpc) is 2.23. The minimum absolute atomic E-state index is 0.666. The molecule has 1 heterocycles. The second kappa shape index (κ2) is 6.61. The lowest BCUT2D eigenvalue weighted by Gasteiger charge is -2.08. The van der Waals surface area contributed by atoms with Crippen molar-refractivity contribution in [2.45, 2.75) is 26.7 Å². The number of unbranched alkanes of at least 4 members (excludes halogenated alkanes) is 1. The van der Waals surface area contributed by atoms with E-state index in [-0.39, 0.29) is 0 Å². The van der Waals surface area contributed by atoms with Gasteiger partial charge in [-0.2, -0.15) is 4.98 Å². The maximum absolute atomic E-state index is 4.35. The fourth-order valence-electron chi connectivity index (χ4n) is 1.12. The second-order valence-corrected chi connectivity index (χ2v) is 4.06. The van der Waals surface area contributed by atoms with Crippen LogP contribution in [0.5, 0.6) is 0 Å². The van der Waals surface area contributed by atoms with Crippen LogP contribution in [0, 0.1) is 0 Å². The number of hydrogen-bond donors (Lipinski definition) is 2. The molecule has 0 amide bonds. The van der Waals surface area contributed by atoms with E-state index in [0.29, 0.717) is 5.95 Å². The summed E-state index contributed by atoms with van der Waals surface area (Å²) in [5.41, 5.74) is 0. The van der Waals surface area contributed by atoms with Gasteiger partial charge >= 0.3 is 0 Å². The van der Waals surface area contributed by atoms with Gasteiger partial charge in [-0.3, -0.25) is 0 Å². The zero-order valence-electron chi connectivity index (χ0n) is 9.18. The van der Waals surface area contributed by atoms with E-state index in [1.54, 1.807) is 6.20 Å². The van der Waals surface area contributed by atoms with E-state index < -0.39 is 0 Å². The third-order valence-electron chi connectivity index (χ3n) is 1.90. The average molecular weight is 273 g/mol. The fraction of sp³-hybridized carbons (Fsp3) is 0.600. The van der Waals surface area contributed by atoms with Crippen LogP contribution in [0.4, 0.5) is 11.8 Å². The van der Waals surface area contributed by atoms with E-state index >= 15 is 0 Å². The predicted octanol–water partition coefficient (Wildman–Crippen LogP) is 2.88. The number of hydrogen-bond acceptors (Lipinski definition) is 4. The van der Waals surface area contributed by atoms with Gasteiger partial charge in [-0.1, -0.05) is 13.3 Å². The third kappa shape index (κ3) is 4.03. The van der Waals surface area contributed by atoms with Crippen LogP contribution in [-0.2, 0) is 0 Å². The standard InChI is InChI=1S/C10H17BrN4/c1-3-5-6-13-9-8(11)7-14-10(15-9)12-4-2/h7H,3-6H2,1-2H3,(H2,12,13,14,15). The quantitative estimate of drug-likeness (QED) is 0.782. The number of nitrogens with zero attached hydrogens (tertiary/aromatic N) is 2. The van der Waals surface area contributed by atoms with Crippen LogP contribution in [0.15, 0.2) is 10.7 Å². The van der Waals surface area contributed by atoms with Crippen LogP contribution in [0.2, 0.25) is 0 Å². The van der Waals surface area contributed by atoms with Gasteiger partial charge in [0, 0.05) is 19.3 Å². The van der Waals surface area contributed by atoms with E-state index in [1.807, 2.05) is 6.92 Å². The Morgan fingerprint density at radius 2 is 2.13 bits per heavy atom. The molecule has 0 aliphatic heterocycles. The van der Waals surface area contributed by atoms with Gasteiger partial charge in [-0.15, -0.1) is 0 Å². The van der Waals surface area contributed by atoms with Crippen LogP contribution in [0.3, 0.4) is 0 Å². The van der Waals surface area contributed by atoms with E-state index in [4.69, 9.17) is 0 Å². The number of nitrogens with one attached hydrogen (secondary N) is 2. The molecule has 0 atom stereocenters. The molecule has 1 aromatic rings. The Morgan fingerprint density at radius 1 is 1.33 bits per heavy atom. The van der Waals surface area contributed by atoms with Crippen LogP contribution >= 0.6 is 15.9 Å². The summed E-state index contributed by atoms with van der Waals surface area (Å²) in [6.45, 7) is 5.96. The molecule has 1 aromatic heterocycles. The Kier molecular flexibility index (Phi) is 5.39. The highest BCUT2D eigenvalue weighted by molar-refractivity contribution is 9.10. The molecule has 0 bridgehead atoms. The van der Waals surface area contributed by atoms with Crippen molar-refractivity contribution in [2.24, 2.45) is 0 Å². The summed E-state index contributed by atoms with van der Waals surface area (Å²) < 4.78 is 0.903. The van der Waals surface area contributed by atoms with Crippen molar-refractivity contribution in [3.05, 3.63) is 10.7 Å². The van der Waals surface area contributed by atoms with Crippen molar-refractivity contribution >= 4 is 27.7 Å². The summed E-state index contributed by atoms with van der Waals surface area (Å²) in [5.74, 6) is 1.52. The van der Waals surface area contributed by atoms with Gasteiger partial charge in [0.1, 0.15) is 5.82 Å².